The summed E-state index contributed by atoms with van der Waals surface area (Å²) in [6.45, 7) is 3.87. The molecule has 1 saturated heterocycles. The van der Waals surface area contributed by atoms with Gasteiger partial charge in [0, 0.05) is 37.6 Å². The number of piperazine rings is 1. The summed E-state index contributed by atoms with van der Waals surface area (Å²) in [6, 6.07) is 10.6. The van der Waals surface area contributed by atoms with Gasteiger partial charge in [-0.05, 0) is 43.4 Å². The summed E-state index contributed by atoms with van der Waals surface area (Å²) < 4.78 is 27.1. The first kappa shape index (κ1) is 19.8. The third-order valence-corrected chi connectivity index (χ3v) is 4.57. The molecule has 148 valence electrons. The Morgan fingerprint density at radius 2 is 1.46 bits per heavy atom. The van der Waals surface area contributed by atoms with Crippen LogP contribution in [0, 0.1) is 11.6 Å². The quantitative estimate of drug-likeness (QED) is 0.773. The molecule has 2 aromatic rings. The van der Waals surface area contributed by atoms with Crippen LogP contribution in [-0.4, -0.2) is 49.9 Å². The molecule has 8 heteroatoms. The van der Waals surface area contributed by atoms with Gasteiger partial charge in [0.1, 0.15) is 23.7 Å². The summed E-state index contributed by atoms with van der Waals surface area (Å²) in [5.74, 6) is -3.15. The van der Waals surface area contributed by atoms with E-state index in [-0.39, 0.29) is 0 Å². The third kappa shape index (κ3) is 5.04. The summed E-state index contributed by atoms with van der Waals surface area (Å²) in [6.07, 6.45) is -0.548. The summed E-state index contributed by atoms with van der Waals surface area (Å²) in [5, 5.41) is 4.70. The van der Waals surface area contributed by atoms with Gasteiger partial charge in [-0.2, -0.15) is 0 Å². The van der Waals surface area contributed by atoms with Gasteiger partial charge in [-0.1, -0.05) is 6.07 Å². The van der Waals surface area contributed by atoms with E-state index in [0.717, 1.165) is 44.0 Å². The van der Waals surface area contributed by atoms with E-state index in [1.54, 1.807) is 12.1 Å². The predicted molar refractivity (Wildman–Crippen MR) is 104 cm³/mol. The molecule has 1 aliphatic rings. The maximum atomic E-state index is 13.5. The van der Waals surface area contributed by atoms with E-state index in [9.17, 15) is 18.4 Å². The number of hydrogen-bond donors (Lipinski definition) is 2. The third-order valence-electron chi connectivity index (χ3n) is 4.57. The Bertz CT molecular complexity index is 830. The van der Waals surface area contributed by atoms with Crippen LogP contribution in [0.15, 0.2) is 42.5 Å². The number of anilines is 3. The van der Waals surface area contributed by atoms with Crippen LogP contribution in [0.2, 0.25) is 0 Å². The SMILES string of the molecule is CN1CCN(c2ccc(NC(=O)CC(=O)Nc3c(F)cccc3F)cc2)CC1. The molecule has 0 aliphatic carbocycles. The van der Waals surface area contributed by atoms with Crippen molar-refractivity contribution in [2.45, 2.75) is 6.42 Å². The molecule has 2 aromatic carbocycles. The molecule has 0 atom stereocenters. The Labute approximate surface area is 162 Å². The lowest BCUT2D eigenvalue weighted by Crippen LogP contribution is -2.44. The molecule has 0 aromatic heterocycles. The van der Waals surface area contributed by atoms with E-state index in [1.807, 2.05) is 12.1 Å². The smallest absolute Gasteiger partial charge is 0.233 e. The Balaban J connectivity index is 1.52. The molecule has 0 bridgehead atoms. The molecule has 2 amide bonds. The van der Waals surface area contributed by atoms with E-state index >= 15 is 0 Å². The van der Waals surface area contributed by atoms with Crippen LogP contribution in [0.1, 0.15) is 6.42 Å². The van der Waals surface area contributed by atoms with Gasteiger partial charge in [0.25, 0.3) is 0 Å². The second-order valence-electron chi connectivity index (χ2n) is 6.71. The van der Waals surface area contributed by atoms with Gasteiger partial charge in [0.05, 0.1) is 0 Å². The van der Waals surface area contributed by atoms with Gasteiger partial charge in [-0.25, -0.2) is 8.78 Å². The summed E-state index contributed by atoms with van der Waals surface area (Å²) in [7, 11) is 2.09. The average molecular weight is 388 g/mol. The van der Waals surface area contributed by atoms with Crippen LogP contribution >= 0.6 is 0 Å². The molecule has 0 saturated carbocycles. The van der Waals surface area contributed by atoms with Crippen molar-refractivity contribution in [3.63, 3.8) is 0 Å². The maximum Gasteiger partial charge on any atom is 0.233 e. The lowest BCUT2D eigenvalue weighted by atomic mass is 10.2. The number of nitrogens with one attached hydrogen (secondary N) is 2. The standard InChI is InChI=1S/C20H22F2N4O2/c1-25-9-11-26(12-10-25)15-7-5-14(6-8-15)23-18(27)13-19(28)24-20-16(21)3-2-4-17(20)22/h2-8H,9-13H2,1H3,(H,23,27)(H,24,28). The highest BCUT2D eigenvalue weighted by atomic mass is 19.1. The normalized spacial score (nSPS) is 14.6. The lowest BCUT2D eigenvalue weighted by Gasteiger charge is -2.34. The van der Waals surface area contributed by atoms with Crippen molar-refractivity contribution >= 4 is 28.9 Å². The number of halogens is 2. The van der Waals surface area contributed by atoms with Crippen LogP contribution in [0.4, 0.5) is 25.8 Å². The fourth-order valence-electron chi connectivity index (χ4n) is 2.97. The fraction of sp³-hybridized carbons (Fsp3) is 0.300. The van der Waals surface area contributed by atoms with Crippen molar-refractivity contribution in [2.75, 3.05) is 48.8 Å². The van der Waals surface area contributed by atoms with E-state index < -0.39 is 35.6 Å². The zero-order valence-corrected chi connectivity index (χ0v) is 15.5. The van der Waals surface area contributed by atoms with Gasteiger partial charge in [0.15, 0.2) is 0 Å². The van der Waals surface area contributed by atoms with Crippen LogP contribution < -0.4 is 15.5 Å². The number of hydrogen-bond acceptors (Lipinski definition) is 4. The number of amides is 2. The molecule has 2 N–H and O–H groups in total. The van der Waals surface area contributed by atoms with Gasteiger partial charge < -0.3 is 20.4 Å². The first-order chi connectivity index (χ1) is 13.4. The largest absolute Gasteiger partial charge is 0.369 e. The molecule has 3 rings (SSSR count). The molecule has 1 heterocycles. The van der Waals surface area contributed by atoms with Crippen molar-refractivity contribution in [2.24, 2.45) is 0 Å². The minimum absolute atomic E-state index is 0.548. The topological polar surface area (TPSA) is 64.7 Å². The van der Waals surface area contributed by atoms with Crippen molar-refractivity contribution in [3.8, 4) is 0 Å². The van der Waals surface area contributed by atoms with E-state index in [2.05, 4.69) is 27.5 Å². The highest BCUT2D eigenvalue weighted by Gasteiger charge is 2.16. The summed E-state index contributed by atoms with van der Waals surface area (Å²) in [4.78, 5) is 28.5. The molecule has 1 aliphatic heterocycles. The fourth-order valence-corrected chi connectivity index (χ4v) is 2.97. The number of nitrogens with zero attached hydrogens (tertiary/aromatic N) is 2. The molecule has 1 fully saturated rings. The Hall–Kier alpha value is -3.00. The van der Waals surface area contributed by atoms with Crippen LogP contribution in [-0.2, 0) is 9.59 Å². The number of carbonyl (C=O) groups is 2. The maximum absolute atomic E-state index is 13.5. The average Bonchev–Trinajstić information content (AvgIpc) is 2.66. The summed E-state index contributed by atoms with van der Waals surface area (Å²) >= 11 is 0. The summed E-state index contributed by atoms with van der Waals surface area (Å²) in [5.41, 5.74) is 1.06. The Morgan fingerprint density at radius 1 is 0.893 bits per heavy atom. The number of carbonyl (C=O) groups excluding carboxylic acids is 2. The zero-order valence-electron chi connectivity index (χ0n) is 15.5. The highest BCUT2D eigenvalue weighted by Crippen LogP contribution is 2.20. The van der Waals surface area contributed by atoms with Crippen molar-refractivity contribution in [1.29, 1.82) is 0 Å². The number of para-hydroxylation sites is 1. The van der Waals surface area contributed by atoms with Gasteiger partial charge in [0.2, 0.25) is 11.8 Å². The number of rotatable bonds is 5. The van der Waals surface area contributed by atoms with Crippen molar-refractivity contribution < 1.29 is 18.4 Å². The molecular weight excluding hydrogens is 366 g/mol. The second-order valence-corrected chi connectivity index (χ2v) is 6.71. The van der Waals surface area contributed by atoms with Gasteiger partial charge >= 0.3 is 0 Å². The first-order valence-electron chi connectivity index (χ1n) is 8.99. The molecule has 0 unspecified atom stereocenters. The molecular formula is C20H22F2N4O2. The predicted octanol–water partition coefficient (Wildman–Crippen LogP) is 2.68. The monoisotopic (exact) mass is 388 g/mol. The lowest BCUT2D eigenvalue weighted by molar-refractivity contribution is -0.123. The van der Waals surface area contributed by atoms with E-state index in [0.29, 0.717) is 5.69 Å². The van der Waals surface area contributed by atoms with Gasteiger partial charge in [-0.3, -0.25) is 9.59 Å². The minimum Gasteiger partial charge on any atom is -0.369 e. The second kappa shape index (κ2) is 8.79. The molecule has 6 nitrogen and oxygen atoms in total. The van der Waals surface area contributed by atoms with Crippen molar-refractivity contribution in [1.82, 2.24) is 4.90 Å². The van der Waals surface area contributed by atoms with Gasteiger partial charge in [-0.15, -0.1) is 0 Å². The van der Waals surface area contributed by atoms with E-state index in [4.69, 9.17) is 0 Å². The Morgan fingerprint density at radius 3 is 2.07 bits per heavy atom. The molecule has 0 spiro atoms. The molecule has 28 heavy (non-hydrogen) atoms. The molecule has 0 radical (unpaired) electrons. The van der Waals surface area contributed by atoms with Crippen LogP contribution in [0.5, 0.6) is 0 Å². The highest BCUT2D eigenvalue weighted by molar-refractivity contribution is 6.08. The van der Waals surface area contributed by atoms with Crippen molar-refractivity contribution in [3.05, 3.63) is 54.1 Å². The first-order valence-corrected chi connectivity index (χ1v) is 8.99. The number of likely N-dealkylation sites (N-methyl/N-ethyl adjacent to an activating group) is 1. The van der Waals surface area contributed by atoms with Crippen LogP contribution in [0.3, 0.4) is 0 Å². The zero-order chi connectivity index (χ0) is 20.1. The Kier molecular flexibility index (Phi) is 6.20. The van der Waals surface area contributed by atoms with E-state index in [1.165, 1.54) is 6.07 Å². The number of benzene rings is 2. The van der Waals surface area contributed by atoms with Crippen LogP contribution in [0.25, 0.3) is 0 Å². The minimum atomic E-state index is -0.895.